The highest BCUT2D eigenvalue weighted by atomic mass is 28.3. The van der Waals surface area contributed by atoms with Crippen molar-refractivity contribution in [2.45, 2.75) is 109 Å². The first-order valence-electron chi connectivity index (χ1n) is 15.3. The van der Waals surface area contributed by atoms with E-state index in [0.717, 1.165) is 22.8 Å². The number of carbonyl (C=O) groups is 1. The fourth-order valence-electron chi connectivity index (χ4n) is 7.46. The number of amides is 1. The fraction of sp³-hybridized carbons (Fsp3) is 0.618. The van der Waals surface area contributed by atoms with Gasteiger partial charge < -0.3 is 19.5 Å². The van der Waals surface area contributed by atoms with Crippen LogP contribution in [0.3, 0.4) is 0 Å². The fourth-order valence-corrected chi connectivity index (χ4v) is 12.7. The van der Waals surface area contributed by atoms with Crippen LogP contribution in [-0.4, -0.2) is 63.7 Å². The number of halogens is 1. The van der Waals surface area contributed by atoms with Crippen LogP contribution in [0.1, 0.15) is 85.8 Å². The normalized spacial score (nSPS) is 20.8. The summed E-state index contributed by atoms with van der Waals surface area (Å²) in [6.07, 6.45) is 0.441. The number of hydrogen-bond donors (Lipinski definition) is 1. The maximum absolute atomic E-state index is 15.9. The van der Waals surface area contributed by atoms with E-state index < -0.39 is 13.7 Å². The summed E-state index contributed by atoms with van der Waals surface area (Å²) in [7, 11) is -0.530. The van der Waals surface area contributed by atoms with Crippen LogP contribution in [-0.2, 0) is 9.47 Å². The topological polar surface area (TPSA) is 60.0 Å². The number of carbonyl (C=O) groups excluding carboxylic acids is 1. The van der Waals surface area contributed by atoms with E-state index in [4.69, 9.17) is 14.2 Å². The molecule has 2 aliphatic heterocycles. The van der Waals surface area contributed by atoms with Crippen molar-refractivity contribution in [1.29, 1.82) is 0 Å². The summed E-state index contributed by atoms with van der Waals surface area (Å²) in [6, 6.07) is 7.10. The van der Waals surface area contributed by atoms with Crippen LogP contribution >= 0.6 is 0 Å². The standard InChI is InChI=1S/C34H49FN2O4Si/c1-21(2)42(22(3)4,23(5)6)14-13-27-30(35)12-11-24-15-26(40-20-39-10)17-29(32(24)27)28-16-25-18-36-19-31(28)37(25)33(38)41-34(7,8)9/h11-12,15,17,21-23,25,28,31,36H,16,18-20H2,1-10H3. The molecule has 1 amide bonds. The molecule has 2 saturated heterocycles. The summed E-state index contributed by atoms with van der Waals surface area (Å²) in [5, 5.41) is 5.18. The summed E-state index contributed by atoms with van der Waals surface area (Å²) in [5.41, 5.74) is 5.84. The van der Waals surface area contributed by atoms with Gasteiger partial charge in [-0.15, -0.1) is 5.54 Å². The van der Waals surface area contributed by atoms with Gasteiger partial charge in [-0.05, 0) is 73.0 Å². The Balaban J connectivity index is 1.93. The summed E-state index contributed by atoms with van der Waals surface area (Å²) >= 11 is 0. The third-order valence-corrected chi connectivity index (χ3v) is 15.5. The average Bonchev–Trinajstić information content (AvgIpc) is 3.12. The largest absolute Gasteiger partial charge is 0.468 e. The van der Waals surface area contributed by atoms with Gasteiger partial charge in [-0.3, -0.25) is 4.90 Å². The molecule has 8 heteroatoms. The van der Waals surface area contributed by atoms with E-state index in [1.807, 2.05) is 43.9 Å². The summed E-state index contributed by atoms with van der Waals surface area (Å²) in [5.74, 6) is 3.73. The first-order valence-corrected chi connectivity index (χ1v) is 17.6. The molecular weight excluding hydrogens is 547 g/mol. The Hall–Kier alpha value is -2.60. The van der Waals surface area contributed by atoms with Crippen molar-refractivity contribution in [3.05, 3.63) is 41.2 Å². The number of nitrogens with one attached hydrogen (secondary N) is 1. The van der Waals surface area contributed by atoms with Gasteiger partial charge in [0.05, 0.1) is 11.6 Å². The lowest BCUT2D eigenvalue weighted by molar-refractivity contribution is 0.00954. The lowest BCUT2D eigenvalue weighted by atomic mass is 9.85. The molecule has 0 aliphatic carbocycles. The Labute approximate surface area is 252 Å². The molecule has 0 radical (unpaired) electrons. The Morgan fingerprint density at radius 3 is 2.36 bits per heavy atom. The molecule has 0 spiro atoms. The van der Waals surface area contributed by atoms with Gasteiger partial charge in [0.25, 0.3) is 0 Å². The minimum absolute atomic E-state index is 0.0202. The molecule has 0 saturated carbocycles. The highest BCUT2D eigenvalue weighted by molar-refractivity contribution is 6.90. The number of fused-ring (bicyclic) bond motifs is 3. The Morgan fingerprint density at radius 1 is 1.10 bits per heavy atom. The van der Waals surface area contributed by atoms with Gasteiger partial charge >= 0.3 is 6.09 Å². The molecule has 2 aromatic rings. The van der Waals surface area contributed by atoms with Crippen LogP contribution in [0.2, 0.25) is 16.6 Å². The van der Waals surface area contributed by atoms with Crippen molar-refractivity contribution < 1.29 is 23.4 Å². The smallest absolute Gasteiger partial charge is 0.410 e. The minimum atomic E-state index is -2.12. The third kappa shape index (κ3) is 6.20. The molecule has 2 heterocycles. The number of nitrogens with zero attached hydrogens (tertiary/aromatic N) is 1. The molecule has 3 unspecified atom stereocenters. The van der Waals surface area contributed by atoms with E-state index in [2.05, 4.69) is 58.3 Å². The molecule has 2 aromatic carbocycles. The van der Waals surface area contributed by atoms with E-state index in [9.17, 15) is 4.79 Å². The molecular formula is C34H49FN2O4Si. The van der Waals surface area contributed by atoms with Crippen molar-refractivity contribution in [2.75, 3.05) is 27.0 Å². The highest BCUT2D eigenvalue weighted by Crippen LogP contribution is 2.45. The third-order valence-electron chi connectivity index (χ3n) is 9.16. The van der Waals surface area contributed by atoms with Gasteiger partial charge in [0.2, 0.25) is 0 Å². The second kappa shape index (κ2) is 12.6. The average molecular weight is 597 g/mol. The number of hydrogen-bond acceptors (Lipinski definition) is 5. The van der Waals surface area contributed by atoms with Crippen LogP contribution in [0.4, 0.5) is 9.18 Å². The minimum Gasteiger partial charge on any atom is -0.468 e. The van der Waals surface area contributed by atoms with Crippen molar-refractivity contribution in [3.8, 4) is 17.2 Å². The number of ether oxygens (including phenoxy) is 3. The van der Waals surface area contributed by atoms with Gasteiger partial charge in [0.1, 0.15) is 25.2 Å². The molecule has 42 heavy (non-hydrogen) atoms. The van der Waals surface area contributed by atoms with E-state index in [1.165, 1.54) is 6.07 Å². The van der Waals surface area contributed by atoms with Crippen molar-refractivity contribution in [2.24, 2.45) is 0 Å². The van der Waals surface area contributed by atoms with Crippen molar-refractivity contribution in [3.63, 3.8) is 0 Å². The van der Waals surface area contributed by atoms with Crippen LogP contribution in [0.25, 0.3) is 10.8 Å². The zero-order valence-electron chi connectivity index (χ0n) is 27.1. The van der Waals surface area contributed by atoms with Crippen LogP contribution < -0.4 is 10.1 Å². The van der Waals surface area contributed by atoms with Gasteiger partial charge in [0.15, 0.2) is 6.79 Å². The molecule has 1 N–H and O–H groups in total. The first-order chi connectivity index (χ1) is 19.7. The number of methoxy groups -OCH3 is 1. The maximum Gasteiger partial charge on any atom is 0.410 e. The molecule has 230 valence electrons. The first kappa shape index (κ1) is 32.3. The predicted octanol–water partition coefficient (Wildman–Crippen LogP) is 7.60. The predicted molar refractivity (Wildman–Crippen MR) is 170 cm³/mol. The Morgan fingerprint density at radius 2 is 1.76 bits per heavy atom. The number of piperazine rings is 1. The summed E-state index contributed by atoms with van der Waals surface area (Å²) in [6.45, 7) is 20.7. The van der Waals surface area contributed by atoms with E-state index in [0.29, 0.717) is 41.0 Å². The lowest BCUT2D eigenvalue weighted by Gasteiger charge is -2.38. The van der Waals surface area contributed by atoms with Gasteiger partial charge in [0, 0.05) is 37.5 Å². The molecule has 2 aliphatic rings. The SMILES string of the molecule is COCOc1cc(C2CC3CNCC2N3C(=O)OC(C)(C)C)c2c(C#C[Si](C(C)C)(C(C)C)C(C)C)c(F)ccc2c1. The van der Waals surface area contributed by atoms with Crippen molar-refractivity contribution in [1.82, 2.24) is 10.2 Å². The van der Waals surface area contributed by atoms with E-state index in [1.54, 1.807) is 7.11 Å². The molecule has 6 nitrogen and oxygen atoms in total. The monoisotopic (exact) mass is 596 g/mol. The molecule has 3 atom stereocenters. The molecule has 0 aromatic heterocycles. The zero-order chi connectivity index (χ0) is 31.0. The van der Waals surface area contributed by atoms with Gasteiger partial charge in [-0.25, -0.2) is 9.18 Å². The van der Waals surface area contributed by atoms with Crippen LogP contribution in [0.5, 0.6) is 5.75 Å². The van der Waals surface area contributed by atoms with E-state index in [-0.39, 0.29) is 36.7 Å². The maximum atomic E-state index is 15.9. The second-order valence-corrected chi connectivity index (χ2v) is 19.4. The molecule has 2 fully saturated rings. The van der Waals surface area contributed by atoms with Crippen LogP contribution in [0, 0.1) is 17.3 Å². The lowest BCUT2D eigenvalue weighted by Crippen LogP contribution is -2.55. The number of benzene rings is 2. The van der Waals surface area contributed by atoms with Crippen LogP contribution in [0.15, 0.2) is 24.3 Å². The quantitative estimate of drug-likeness (QED) is 0.203. The Kier molecular flexibility index (Phi) is 9.66. The summed E-state index contributed by atoms with van der Waals surface area (Å²) < 4.78 is 32.8. The van der Waals surface area contributed by atoms with Gasteiger partial charge in [-0.2, -0.15) is 0 Å². The zero-order valence-corrected chi connectivity index (χ0v) is 28.1. The summed E-state index contributed by atoms with van der Waals surface area (Å²) in [4.78, 5) is 15.3. The van der Waals surface area contributed by atoms with E-state index >= 15 is 4.39 Å². The highest BCUT2D eigenvalue weighted by Gasteiger charge is 2.49. The molecule has 4 rings (SSSR count). The molecule has 2 bridgehead atoms. The number of rotatable bonds is 7. The van der Waals surface area contributed by atoms with Crippen molar-refractivity contribution >= 4 is 24.9 Å². The Bertz CT molecular complexity index is 1340. The second-order valence-electron chi connectivity index (χ2n) is 13.8. The van der Waals surface area contributed by atoms with Gasteiger partial charge in [-0.1, -0.05) is 53.5 Å².